The molecule has 2 amide bonds. The lowest BCUT2D eigenvalue weighted by molar-refractivity contribution is 0.110. The molecule has 2 aromatic rings. The first-order valence-electron chi connectivity index (χ1n) is 9.06. The van der Waals surface area contributed by atoms with Crippen molar-refractivity contribution in [3.63, 3.8) is 0 Å². The quantitative estimate of drug-likeness (QED) is 0.916. The number of amides is 2. The molecule has 1 fully saturated rings. The minimum Gasteiger partial charge on any atom is -0.490 e. The average molecular weight is 354 g/mol. The Morgan fingerprint density at radius 3 is 2.73 bits per heavy atom. The van der Waals surface area contributed by atoms with Gasteiger partial charge in [0.25, 0.3) is 0 Å². The van der Waals surface area contributed by atoms with E-state index in [0.29, 0.717) is 25.5 Å². The molecule has 1 aromatic heterocycles. The van der Waals surface area contributed by atoms with Gasteiger partial charge in [-0.3, -0.25) is 0 Å². The van der Waals surface area contributed by atoms with Gasteiger partial charge in [-0.15, -0.1) is 0 Å². The molecule has 1 saturated heterocycles. The summed E-state index contributed by atoms with van der Waals surface area (Å²) in [5.74, 6) is 1.66. The molecule has 0 atom stereocenters. The van der Waals surface area contributed by atoms with Crippen molar-refractivity contribution in [1.29, 1.82) is 0 Å². The number of piperidine rings is 1. The van der Waals surface area contributed by atoms with Crippen LogP contribution in [0.3, 0.4) is 0 Å². The van der Waals surface area contributed by atoms with Gasteiger partial charge in [0.15, 0.2) is 0 Å². The van der Waals surface area contributed by atoms with E-state index in [4.69, 9.17) is 4.74 Å². The molecule has 1 N–H and O–H groups in total. The van der Waals surface area contributed by atoms with Crippen molar-refractivity contribution in [2.45, 2.75) is 46.3 Å². The summed E-state index contributed by atoms with van der Waals surface area (Å²) in [6.45, 7) is 7.78. The number of nitrogens with zero attached hydrogens (tertiary/aromatic N) is 3. The van der Waals surface area contributed by atoms with Crippen molar-refractivity contribution in [3.8, 4) is 5.75 Å². The molecule has 0 saturated carbocycles. The maximum absolute atomic E-state index is 12.4. The second-order valence-corrected chi connectivity index (χ2v) is 6.83. The van der Waals surface area contributed by atoms with Gasteiger partial charge in [-0.1, -0.05) is 12.1 Å². The predicted octanol–water partition coefficient (Wildman–Crippen LogP) is 3.15. The summed E-state index contributed by atoms with van der Waals surface area (Å²) in [4.78, 5) is 22.6. The Labute approximate surface area is 154 Å². The van der Waals surface area contributed by atoms with Gasteiger partial charge in [-0.2, -0.15) is 0 Å². The van der Waals surface area contributed by atoms with Gasteiger partial charge in [0.05, 0.1) is 12.2 Å². The number of carbonyl (C=O) groups excluding carboxylic acids is 1. The normalized spacial score (nSPS) is 15.0. The number of urea groups is 1. The molecule has 1 aliphatic rings. The van der Waals surface area contributed by atoms with Crippen LogP contribution in [0.15, 0.2) is 30.5 Å². The lowest BCUT2D eigenvalue weighted by Crippen LogP contribution is -2.46. The molecule has 1 aliphatic heterocycles. The maximum Gasteiger partial charge on any atom is 0.317 e. The molecule has 6 nitrogen and oxygen atoms in total. The first-order chi connectivity index (χ1) is 12.5. The molecule has 6 heteroatoms. The van der Waals surface area contributed by atoms with Crippen LogP contribution in [0.2, 0.25) is 0 Å². The van der Waals surface area contributed by atoms with Gasteiger partial charge in [0, 0.05) is 32.1 Å². The predicted molar refractivity (Wildman–Crippen MR) is 100 cm³/mol. The third kappa shape index (κ3) is 4.71. The second-order valence-electron chi connectivity index (χ2n) is 6.83. The van der Waals surface area contributed by atoms with Crippen LogP contribution in [0.1, 0.15) is 35.5 Å². The third-order valence-corrected chi connectivity index (χ3v) is 4.62. The number of rotatable bonds is 4. The van der Waals surface area contributed by atoms with Crippen molar-refractivity contribution in [3.05, 3.63) is 53.1 Å². The molecular weight excluding hydrogens is 328 g/mol. The summed E-state index contributed by atoms with van der Waals surface area (Å²) in [6.07, 6.45) is 3.55. The van der Waals surface area contributed by atoms with Crippen molar-refractivity contribution in [2.75, 3.05) is 13.1 Å². The van der Waals surface area contributed by atoms with Crippen LogP contribution in [0.5, 0.6) is 5.75 Å². The van der Waals surface area contributed by atoms with Gasteiger partial charge in [0.1, 0.15) is 17.7 Å². The highest BCUT2D eigenvalue weighted by molar-refractivity contribution is 5.74. The van der Waals surface area contributed by atoms with Crippen molar-refractivity contribution in [1.82, 2.24) is 20.2 Å². The van der Waals surface area contributed by atoms with Crippen molar-refractivity contribution >= 4 is 6.03 Å². The van der Waals surface area contributed by atoms with E-state index in [1.807, 2.05) is 17.9 Å². The SMILES string of the molecule is Cc1ccc(C)c(OC2CCN(C(=O)NCc3ccnc(C)n3)CC2)c1. The fourth-order valence-corrected chi connectivity index (χ4v) is 3.07. The van der Waals surface area contributed by atoms with Crippen molar-refractivity contribution < 1.29 is 9.53 Å². The number of ether oxygens (including phenoxy) is 1. The molecule has 2 heterocycles. The Morgan fingerprint density at radius 2 is 2.00 bits per heavy atom. The summed E-state index contributed by atoms with van der Waals surface area (Å²) in [6, 6.07) is 8.03. The van der Waals surface area contributed by atoms with Gasteiger partial charge in [-0.05, 0) is 44.0 Å². The largest absolute Gasteiger partial charge is 0.490 e. The van der Waals surface area contributed by atoms with Crippen LogP contribution in [-0.2, 0) is 6.54 Å². The van der Waals surface area contributed by atoms with Crippen LogP contribution < -0.4 is 10.1 Å². The molecule has 0 aliphatic carbocycles. The molecule has 0 spiro atoms. The summed E-state index contributed by atoms with van der Waals surface area (Å²) in [7, 11) is 0. The van der Waals surface area contributed by atoms with Crippen LogP contribution in [-0.4, -0.2) is 40.1 Å². The smallest absolute Gasteiger partial charge is 0.317 e. The molecule has 0 bridgehead atoms. The molecular formula is C20H26N4O2. The lowest BCUT2D eigenvalue weighted by Gasteiger charge is -2.32. The highest BCUT2D eigenvalue weighted by atomic mass is 16.5. The minimum absolute atomic E-state index is 0.0496. The summed E-state index contributed by atoms with van der Waals surface area (Å²) in [5.41, 5.74) is 3.16. The average Bonchev–Trinajstić information content (AvgIpc) is 2.63. The van der Waals surface area contributed by atoms with E-state index >= 15 is 0 Å². The van der Waals surface area contributed by atoms with E-state index in [2.05, 4.69) is 47.3 Å². The summed E-state index contributed by atoms with van der Waals surface area (Å²) >= 11 is 0. The summed E-state index contributed by atoms with van der Waals surface area (Å²) in [5, 5.41) is 2.93. The van der Waals surface area contributed by atoms with Crippen LogP contribution in [0.4, 0.5) is 4.79 Å². The number of aromatic nitrogens is 2. The fourth-order valence-electron chi connectivity index (χ4n) is 3.07. The van der Waals surface area contributed by atoms with E-state index in [1.54, 1.807) is 6.20 Å². The van der Waals surface area contributed by atoms with Gasteiger partial charge >= 0.3 is 6.03 Å². The number of hydrogen-bond acceptors (Lipinski definition) is 4. The van der Waals surface area contributed by atoms with Crippen LogP contribution in [0, 0.1) is 20.8 Å². The van der Waals surface area contributed by atoms with Crippen LogP contribution >= 0.6 is 0 Å². The zero-order valence-electron chi connectivity index (χ0n) is 15.7. The zero-order chi connectivity index (χ0) is 18.5. The number of benzene rings is 1. The Hall–Kier alpha value is -2.63. The van der Waals surface area contributed by atoms with Gasteiger partial charge in [0.2, 0.25) is 0 Å². The maximum atomic E-state index is 12.4. The first-order valence-corrected chi connectivity index (χ1v) is 9.06. The Balaban J connectivity index is 1.47. The number of carbonyl (C=O) groups is 1. The first kappa shape index (κ1) is 18.2. The monoisotopic (exact) mass is 354 g/mol. The number of aryl methyl sites for hydroxylation is 3. The lowest BCUT2D eigenvalue weighted by atomic mass is 10.1. The Kier molecular flexibility index (Phi) is 5.71. The summed E-state index contributed by atoms with van der Waals surface area (Å²) < 4.78 is 6.16. The molecule has 0 radical (unpaired) electrons. The van der Waals surface area contributed by atoms with E-state index < -0.39 is 0 Å². The number of likely N-dealkylation sites (tertiary alicyclic amines) is 1. The molecule has 138 valence electrons. The highest BCUT2D eigenvalue weighted by Gasteiger charge is 2.24. The van der Waals surface area contributed by atoms with Crippen LogP contribution in [0.25, 0.3) is 0 Å². The Morgan fingerprint density at radius 1 is 1.23 bits per heavy atom. The number of nitrogens with one attached hydrogen (secondary N) is 1. The molecule has 3 rings (SSSR count). The fraction of sp³-hybridized carbons (Fsp3) is 0.450. The standard InChI is InChI=1S/C20H26N4O2/c1-14-4-5-15(2)19(12-14)26-18-7-10-24(11-8-18)20(25)22-13-17-6-9-21-16(3)23-17/h4-6,9,12,18H,7-8,10-11,13H2,1-3H3,(H,22,25). The van der Waals surface area contributed by atoms with E-state index in [0.717, 1.165) is 29.8 Å². The topological polar surface area (TPSA) is 67.3 Å². The van der Waals surface area contributed by atoms with Gasteiger partial charge < -0.3 is 15.0 Å². The van der Waals surface area contributed by atoms with E-state index in [9.17, 15) is 4.79 Å². The minimum atomic E-state index is -0.0496. The van der Waals surface area contributed by atoms with E-state index in [-0.39, 0.29) is 12.1 Å². The second kappa shape index (κ2) is 8.17. The Bertz CT molecular complexity index is 770. The number of hydrogen-bond donors (Lipinski definition) is 1. The molecule has 26 heavy (non-hydrogen) atoms. The highest BCUT2D eigenvalue weighted by Crippen LogP contribution is 2.24. The zero-order valence-corrected chi connectivity index (χ0v) is 15.7. The third-order valence-electron chi connectivity index (χ3n) is 4.62. The molecule has 1 aromatic carbocycles. The van der Waals surface area contributed by atoms with Crippen molar-refractivity contribution in [2.24, 2.45) is 0 Å². The van der Waals surface area contributed by atoms with E-state index in [1.165, 1.54) is 5.56 Å². The molecule has 0 unspecified atom stereocenters. The van der Waals surface area contributed by atoms with Gasteiger partial charge in [-0.25, -0.2) is 14.8 Å².